The Kier molecular flexibility index (Phi) is 4.49. The molecule has 1 aliphatic heterocycles. The van der Waals surface area contributed by atoms with Gasteiger partial charge < -0.3 is 4.90 Å². The van der Waals surface area contributed by atoms with Crippen molar-refractivity contribution in [3.63, 3.8) is 0 Å². The lowest BCUT2D eigenvalue weighted by molar-refractivity contribution is -0.384. The van der Waals surface area contributed by atoms with Crippen LogP contribution in [0.4, 0.5) is 16.5 Å². The van der Waals surface area contributed by atoms with E-state index in [9.17, 15) is 10.1 Å². The van der Waals surface area contributed by atoms with Gasteiger partial charge in [0.25, 0.3) is 5.69 Å². The Bertz CT molecular complexity index is 946. The number of hydrogen-bond donors (Lipinski definition) is 1. The zero-order valence-corrected chi connectivity index (χ0v) is 14.8. The number of hydrazone groups is 1. The molecule has 132 valence electrons. The Morgan fingerprint density at radius 1 is 1.23 bits per heavy atom. The first-order chi connectivity index (χ1) is 12.7. The fourth-order valence-corrected chi connectivity index (χ4v) is 3.90. The van der Waals surface area contributed by atoms with E-state index in [1.807, 2.05) is 30.3 Å². The summed E-state index contributed by atoms with van der Waals surface area (Å²) in [6.07, 6.45) is 3.90. The van der Waals surface area contributed by atoms with Crippen LogP contribution in [0.5, 0.6) is 0 Å². The van der Waals surface area contributed by atoms with Crippen molar-refractivity contribution >= 4 is 44.3 Å². The zero-order valence-electron chi connectivity index (χ0n) is 14.0. The molecule has 2 aromatic carbocycles. The molecular formula is C18H17N5O2S. The molecule has 26 heavy (non-hydrogen) atoms. The molecule has 2 heterocycles. The lowest BCUT2D eigenvalue weighted by Crippen LogP contribution is -2.19. The van der Waals surface area contributed by atoms with Gasteiger partial charge in [0.05, 0.1) is 21.4 Å². The number of hydrogen-bond acceptors (Lipinski definition) is 7. The second-order valence-electron chi connectivity index (χ2n) is 6.05. The van der Waals surface area contributed by atoms with Gasteiger partial charge in [-0.3, -0.25) is 15.5 Å². The molecule has 1 aliphatic rings. The molecule has 8 heteroatoms. The predicted molar refractivity (Wildman–Crippen MR) is 105 cm³/mol. The van der Waals surface area contributed by atoms with Crippen LogP contribution in [0.2, 0.25) is 0 Å². The SMILES string of the molecule is O=[N+]([O-])c1ccc(N2CCCC2)c(/C=N\Nc2nc3ccccc3s2)c1. The molecular weight excluding hydrogens is 350 g/mol. The number of nitro benzene ring substituents is 1. The van der Waals surface area contributed by atoms with E-state index in [2.05, 4.69) is 20.4 Å². The standard InChI is InChI=1S/C18H17N5O2S/c24-23(25)14-7-8-16(22-9-3-4-10-22)13(11-14)12-19-21-18-20-15-5-1-2-6-17(15)26-18/h1-2,5-8,11-12H,3-4,9-10H2,(H,20,21)/b19-12-. The Morgan fingerprint density at radius 3 is 2.81 bits per heavy atom. The monoisotopic (exact) mass is 367 g/mol. The molecule has 0 bridgehead atoms. The summed E-state index contributed by atoms with van der Waals surface area (Å²) < 4.78 is 1.08. The number of aromatic nitrogens is 1. The molecule has 0 atom stereocenters. The Hall–Kier alpha value is -3.00. The van der Waals surface area contributed by atoms with Gasteiger partial charge in [-0.25, -0.2) is 4.98 Å². The molecule has 0 radical (unpaired) electrons. The molecule has 0 saturated carbocycles. The van der Waals surface area contributed by atoms with E-state index in [4.69, 9.17) is 0 Å². The van der Waals surface area contributed by atoms with Crippen LogP contribution in [-0.2, 0) is 0 Å². The van der Waals surface area contributed by atoms with E-state index in [-0.39, 0.29) is 10.6 Å². The summed E-state index contributed by atoms with van der Waals surface area (Å²) in [4.78, 5) is 17.4. The van der Waals surface area contributed by atoms with Crippen molar-refractivity contribution in [3.8, 4) is 0 Å². The van der Waals surface area contributed by atoms with Gasteiger partial charge in [-0.15, -0.1) is 0 Å². The van der Waals surface area contributed by atoms with Crippen LogP contribution in [-0.4, -0.2) is 29.2 Å². The molecule has 4 rings (SSSR count). The van der Waals surface area contributed by atoms with Crippen molar-refractivity contribution in [2.75, 3.05) is 23.4 Å². The van der Waals surface area contributed by atoms with E-state index in [0.29, 0.717) is 5.13 Å². The van der Waals surface area contributed by atoms with Crippen molar-refractivity contribution in [3.05, 3.63) is 58.1 Å². The number of thiazole rings is 1. The number of nitro groups is 1. The van der Waals surface area contributed by atoms with Crippen LogP contribution >= 0.6 is 11.3 Å². The average molecular weight is 367 g/mol. The zero-order chi connectivity index (χ0) is 17.9. The summed E-state index contributed by atoms with van der Waals surface area (Å²) in [5.74, 6) is 0. The van der Waals surface area contributed by atoms with E-state index in [1.54, 1.807) is 18.3 Å². The second kappa shape index (κ2) is 7.09. The summed E-state index contributed by atoms with van der Waals surface area (Å²) in [6.45, 7) is 1.92. The van der Waals surface area contributed by atoms with E-state index in [0.717, 1.165) is 47.4 Å². The highest BCUT2D eigenvalue weighted by Crippen LogP contribution is 2.28. The molecule has 3 aromatic rings. The first-order valence-corrected chi connectivity index (χ1v) is 9.20. The summed E-state index contributed by atoms with van der Waals surface area (Å²) in [5.41, 5.74) is 5.63. The number of non-ortho nitro benzene ring substituents is 1. The third-order valence-corrected chi connectivity index (χ3v) is 5.27. The first-order valence-electron chi connectivity index (χ1n) is 8.39. The van der Waals surface area contributed by atoms with Crippen molar-refractivity contribution in [2.24, 2.45) is 5.10 Å². The summed E-state index contributed by atoms with van der Waals surface area (Å²) in [5, 5.41) is 16.1. The summed E-state index contributed by atoms with van der Waals surface area (Å²) >= 11 is 1.52. The lowest BCUT2D eigenvalue weighted by atomic mass is 10.1. The van der Waals surface area contributed by atoms with Gasteiger partial charge in [0.2, 0.25) is 5.13 Å². The molecule has 0 amide bonds. The smallest absolute Gasteiger partial charge is 0.270 e. The van der Waals surface area contributed by atoms with E-state index < -0.39 is 0 Å². The van der Waals surface area contributed by atoms with E-state index >= 15 is 0 Å². The average Bonchev–Trinajstić information content (AvgIpc) is 3.31. The number of rotatable bonds is 5. The minimum Gasteiger partial charge on any atom is -0.371 e. The number of nitrogens with one attached hydrogen (secondary N) is 1. The third-order valence-electron chi connectivity index (χ3n) is 4.33. The van der Waals surface area contributed by atoms with Crippen LogP contribution in [0.3, 0.4) is 0 Å². The minimum absolute atomic E-state index is 0.0642. The van der Waals surface area contributed by atoms with Crippen LogP contribution in [0.15, 0.2) is 47.6 Å². The molecule has 1 fully saturated rings. The third kappa shape index (κ3) is 3.36. The lowest BCUT2D eigenvalue weighted by Gasteiger charge is -2.19. The van der Waals surface area contributed by atoms with Crippen LogP contribution < -0.4 is 10.3 Å². The largest absolute Gasteiger partial charge is 0.371 e. The van der Waals surface area contributed by atoms with Gasteiger partial charge in [0.1, 0.15) is 0 Å². The van der Waals surface area contributed by atoms with E-state index in [1.165, 1.54) is 11.3 Å². The van der Waals surface area contributed by atoms with Crippen molar-refractivity contribution < 1.29 is 4.92 Å². The Morgan fingerprint density at radius 2 is 2.04 bits per heavy atom. The highest BCUT2D eigenvalue weighted by molar-refractivity contribution is 7.22. The maximum atomic E-state index is 11.1. The predicted octanol–water partition coefficient (Wildman–Crippen LogP) is 4.25. The van der Waals surface area contributed by atoms with Crippen LogP contribution in [0, 0.1) is 10.1 Å². The Labute approximate surface area is 154 Å². The molecule has 1 N–H and O–H groups in total. The molecule has 0 spiro atoms. The number of nitrogens with zero attached hydrogens (tertiary/aromatic N) is 4. The fraction of sp³-hybridized carbons (Fsp3) is 0.222. The second-order valence-corrected chi connectivity index (χ2v) is 7.08. The summed E-state index contributed by atoms with van der Waals surface area (Å²) in [6, 6.07) is 12.8. The maximum absolute atomic E-state index is 11.1. The minimum atomic E-state index is -0.383. The highest BCUT2D eigenvalue weighted by atomic mass is 32.1. The summed E-state index contributed by atoms with van der Waals surface area (Å²) in [7, 11) is 0. The van der Waals surface area contributed by atoms with Gasteiger partial charge in [0.15, 0.2) is 0 Å². The normalized spacial score (nSPS) is 14.4. The van der Waals surface area contributed by atoms with Crippen molar-refractivity contribution in [2.45, 2.75) is 12.8 Å². The number of fused-ring (bicyclic) bond motifs is 1. The maximum Gasteiger partial charge on any atom is 0.270 e. The fourth-order valence-electron chi connectivity index (χ4n) is 3.08. The molecule has 1 saturated heterocycles. The topological polar surface area (TPSA) is 83.7 Å². The van der Waals surface area contributed by atoms with Gasteiger partial charge in [-0.05, 0) is 31.0 Å². The van der Waals surface area contributed by atoms with Crippen LogP contribution in [0.1, 0.15) is 18.4 Å². The number of para-hydroxylation sites is 1. The van der Waals surface area contributed by atoms with Crippen molar-refractivity contribution in [1.29, 1.82) is 0 Å². The molecule has 0 unspecified atom stereocenters. The van der Waals surface area contributed by atoms with Gasteiger partial charge in [-0.2, -0.15) is 5.10 Å². The first kappa shape index (κ1) is 16.5. The molecule has 7 nitrogen and oxygen atoms in total. The van der Waals surface area contributed by atoms with Gasteiger partial charge >= 0.3 is 0 Å². The van der Waals surface area contributed by atoms with Crippen LogP contribution in [0.25, 0.3) is 10.2 Å². The van der Waals surface area contributed by atoms with Crippen molar-refractivity contribution in [1.82, 2.24) is 4.98 Å². The van der Waals surface area contributed by atoms with Gasteiger partial charge in [-0.1, -0.05) is 23.5 Å². The number of benzene rings is 2. The molecule has 1 aromatic heterocycles. The Balaban J connectivity index is 1.59. The quantitative estimate of drug-likeness (QED) is 0.414. The number of anilines is 2. The van der Waals surface area contributed by atoms with Gasteiger partial charge in [0, 0.05) is 36.5 Å². The highest BCUT2D eigenvalue weighted by Gasteiger charge is 2.17. The molecule has 0 aliphatic carbocycles.